The van der Waals surface area contributed by atoms with Gasteiger partial charge in [0, 0.05) is 0 Å². The van der Waals surface area contributed by atoms with Crippen LogP contribution in [0.2, 0.25) is 0 Å². The monoisotopic (exact) mass is 443 g/mol. The lowest BCUT2D eigenvalue weighted by Crippen LogP contribution is -2.34. The normalized spacial score (nSPS) is 13.6. The van der Waals surface area contributed by atoms with Crippen LogP contribution in [0.15, 0.2) is 18.2 Å². The number of carbonyl (C=O) groups is 3. The molecule has 166 valence electrons. The second kappa shape index (κ2) is 9.79. The summed E-state index contributed by atoms with van der Waals surface area (Å²) in [7, 11) is -3.22. The Morgan fingerprint density at radius 1 is 1.20 bits per heavy atom. The van der Waals surface area contributed by atoms with Crippen molar-refractivity contribution in [2.75, 3.05) is 24.1 Å². The number of hydrogen-bond donors (Lipinski definition) is 2. The first kappa shape index (κ1) is 23.5. The van der Waals surface area contributed by atoms with Gasteiger partial charge in [0.15, 0.2) is 6.61 Å². The van der Waals surface area contributed by atoms with Gasteiger partial charge in [-0.3, -0.25) is 9.10 Å². The van der Waals surface area contributed by atoms with E-state index in [1.165, 1.54) is 18.2 Å². The van der Waals surface area contributed by atoms with Crippen LogP contribution in [-0.2, 0) is 30.0 Å². The fraction of sp³-hybridized carbons (Fsp3) is 0.526. The highest BCUT2D eigenvalue weighted by molar-refractivity contribution is 7.74. The predicted molar refractivity (Wildman–Crippen MR) is 106 cm³/mol. The summed E-state index contributed by atoms with van der Waals surface area (Å²) in [6.07, 6.45) is 1.96. The highest BCUT2D eigenvalue weighted by Crippen LogP contribution is 2.34. The molecule has 1 aromatic rings. The molecule has 0 spiro atoms. The van der Waals surface area contributed by atoms with E-state index in [2.05, 4.69) is 4.74 Å². The lowest BCUT2D eigenvalue weighted by atomic mass is 10.2. The van der Waals surface area contributed by atoms with Gasteiger partial charge in [-0.05, 0) is 57.7 Å². The lowest BCUT2D eigenvalue weighted by Gasteiger charge is -2.24. The average molecular weight is 443 g/mol. The molecule has 0 atom stereocenters. The molecular weight excluding hydrogens is 418 g/mol. The fourth-order valence-electron chi connectivity index (χ4n) is 2.40. The van der Waals surface area contributed by atoms with Crippen molar-refractivity contribution in [1.29, 1.82) is 0 Å². The number of hydrogen-bond acceptors (Lipinski definition) is 8. The summed E-state index contributed by atoms with van der Waals surface area (Å²) in [4.78, 5) is 34.8. The summed E-state index contributed by atoms with van der Waals surface area (Å²) in [5.41, 5.74) is -0.739. The number of anilines is 1. The zero-order valence-corrected chi connectivity index (χ0v) is 17.8. The molecule has 1 N–H and O–H groups in total. The molecule has 10 nitrogen and oxygen atoms in total. The third-order valence-corrected chi connectivity index (χ3v) is 4.62. The summed E-state index contributed by atoms with van der Waals surface area (Å²) in [5, 5.41) is 8.64. The van der Waals surface area contributed by atoms with Crippen LogP contribution in [0.3, 0.4) is 0 Å². The number of ether oxygens (including phenoxy) is 3. The molecule has 0 bridgehead atoms. The van der Waals surface area contributed by atoms with Crippen LogP contribution in [-0.4, -0.2) is 56.8 Å². The van der Waals surface area contributed by atoms with Gasteiger partial charge >= 0.3 is 17.9 Å². The second-order valence-electron chi connectivity index (χ2n) is 7.79. The van der Waals surface area contributed by atoms with Gasteiger partial charge in [-0.25, -0.2) is 18.0 Å². The van der Waals surface area contributed by atoms with Crippen molar-refractivity contribution in [1.82, 2.24) is 0 Å². The molecule has 0 aliphatic heterocycles. The van der Waals surface area contributed by atoms with Crippen LogP contribution < -0.4 is 9.04 Å². The molecule has 1 saturated carbocycles. The van der Waals surface area contributed by atoms with E-state index in [-0.39, 0.29) is 17.0 Å². The Morgan fingerprint density at radius 2 is 1.87 bits per heavy atom. The summed E-state index contributed by atoms with van der Waals surface area (Å²) in [6, 6.07) is 3.84. The number of esters is 2. The molecule has 2 rings (SSSR count). The Kier molecular flexibility index (Phi) is 7.65. The Balaban J connectivity index is 2.30. The van der Waals surface area contributed by atoms with Gasteiger partial charge in [0.05, 0.1) is 17.9 Å². The van der Waals surface area contributed by atoms with Gasteiger partial charge in [-0.2, -0.15) is 0 Å². The minimum Gasteiger partial charge on any atom is -0.491 e. The molecule has 1 aromatic carbocycles. The molecule has 0 heterocycles. The fourth-order valence-corrected chi connectivity index (χ4v) is 2.97. The Bertz CT molecular complexity index is 876. The van der Waals surface area contributed by atoms with Crippen molar-refractivity contribution in [3.05, 3.63) is 23.8 Å². The molecule has 0 radical (unpaired) electrons. The summed E-state index contributed by atoms with van der Waals surface area (Å²) in [6.45, 7) is 3.92. The van der Waals surface area contributed by atoms with Gasteiger partial charge in [-0.15, -0.1) is 0 Å². The number of carboxylic acid groups (broad SMARTS) is 1. The first-order valence-electron chi connectivity index (χ1n) is 9.25. The second-order valence-corrected chi connectivity index (χ2v) is 8.75. The van der Waals surface area contributed by atoms with Gasteiger partial charge in [-0.1, -0.05) is 0 Å². The molecule has 1 fully saturated rings. The number of aliphatic carboxylic acids is 1. The van der Waals surface area contributed by atoms with Crippen LogP contribution in [0.5, 0.6) is 5.75 Å². The van der Waals surface area contributed by atoms with E-state index < -0.39 is 47.6 Å². The Hall–Kier alpha value is -2.82. The van der Waals surface area contributed by atoms with Crippen molar-refractivity contribution < 1.29 is 42.1 Å². The van der Waals surface area contributed by atoms with Gasteiger partial charge < -0.3 is 19.3 Å². The van der Waals surface area contributed by atoms with Gasteiger partial charge in [0.25, 0.3) is 0 Å². The van der Waals surface area contributed by atoms with Crippen molar-refractivity contribution >= 4 is 34.5 Å². The number of rotatable bonds is 10. The molecule has 0 unspecified atom stereocenters. The summed E-state index contributed by atoms with van der Waals surface area (Å²) < 4.78 is 40.0. The third kappa shape index (κ3) is 7.54. The van der Waals surface area contributed by atoms with Crippen LogP contribution in [0.4, 0.5) is 5.69 Å². The van der Waals surface area contributed by atoms with E-state index in [4.69, 9.17) is 14.6 Å². The lowest BCUT2D eigenvalue weighted by molar-refractivity contribution is -0.152. The minimum absolute atomic E-state index is 0.0101. The molecule has 0 saturated heterocycles. The highest BCUT2D eigenvalue weighted by atomic mass is 32.2. The Labute approximate surface area is 175 Å². The van der Waals surface area contributed by atoms with E-state index >= 15 is 0 Å². The zero-order valence-electron chi connectivity index (χ0n) is 17.0. The van der Waals surface area contributed by atoms with Crippen molar-refractivity contribution in [3.63, 3.8) is 0 Å². The number of carboxylic acids is 1. The van der Waals surface area contributed by atoms with E-state index in [0.717, 1.165) is 17.1 Å². The average Bonchev–Trinajstić information content (AvgIpc) is 3.45. The number of thiol groups is 1. The van der Waals surface area contributed by atoms with Crippen LogP contribution in [0.1, 0.15) is 44.0 Å². The minimum atomic E-state index is -3.22. The maximum atomic E-state index is 12.2. The Morgan fingerprint density at radius 3 is 2.40 bits per heavy atom. The molecule has 11 heteroatoms. The molecule has 1 aliphatic carbocycles. The van der Waals surface area contributed by atoms with Crippen LogP contribution in [0, 0.1) is 5.92 Å². The largest absolute Gasteiger partial charge is 0.491 e. The molecule has 1 aliphatic rings. The standard InChI is InChI=1S/C19H25NO9S/c1-19(2,3)29-17(23)9-20(30(25)26)14-7-6-13(18(24)28-11-16(21)22)8-15(14)27-10-12-4-5-12/h6-8,12,30H,4-5,9-11H2,1-3H3,(H,21,22). The first-order valence-corrected chi connectivity index (χ1v) is 10.4. The van der Waals surface area contributed by atoms with Crippen LogP contribution >= 0.6 is 0 Å². The van der Waals surface area contributed by atoms with Crippen LogP contribution in [0.25, 0.3) is 0 Å². The highest BCUT2D eigenvalue weighted by Gasteiger charge is 2.26. The first-order chi connectivity index (χ1) is 14.0. The third-order valence-electron chi connectivity index (χ3n) is 3.87. The smallest absolute Gasteiger partial charge is 0.341 e. The summed E-state index contributed by atoms with van der Waals surface area (Å²) >= 11 is 0. The van der Waals surface area contributed by atoms with Crippen molar-refractivity contribution in [2.45, 2.75) is 39.2 Å². The molecule has 0 aromatic heterocycles. The topological polar surface area (TPSA) is 137 Å². The number of nitrogens with zero attached hydrogens (tertiary/aromatic N) is 1. The summed E-state index contributed by atoms with van der Waals surface area (Å²) in [5.74, 6) is -2.56. The van der Waals surface area contributed by atoms with E-state index in [1.54, 1.807) is 20.8 Å². The number of benzene rings is 1. The molecular formula is C19H25NO9S. The van der Waals surface area contributed by atoms with Crippen molar-refractivity contribution in [2.24, 2.45) is 5.92 Å². The van der Waals surface area contributed by atoms with E-state index in [9.17, 15) is 22.8 Å². The van der Waals surface area contributed by atoms with Gasteiger partial charge in [0.1, 0.15) is 17.9 Å². The zero-order chi connectivity index (χ0) is 22.5. The SMILES string of the molecule is CC(C)(C)OC(=O)CN(c1ccc(C(=O)OCC(=O)O)cc1OCC1CC1)[SH](=O)=O. The maximum Gasteiger partial charge on any atom is 0.341 e. The van der Waals surface area contributed by atoms with E-state index in [1.807, 2.05) is 0 Å². The number of carbonyl (C=O) groups excluding carboxylic acids is 2. The molecule has 30 heavy (non-hydrogen) atoms. The maximum absolute atomic E-state index is 12.2. The van der Waals surface area contributed by atoms with Crippen molar-refractivity contribution in [3.8, 4) is 5.75 Å². The quantitative estimate of drug-likeness (QED) is 0.406. The predicted octanol–water partition coefficient (Wildman–Crippen LogP) is 1.39. The molecule has 0 amide bonds. The van der Waals surface area contributed by atoms with Gasteiger partial charge in [0.2, 0.25) is 10.9 Å². The van der Waals surface area contributed by atoms with E-state index in [0.29, 0.717) is 12.5 Å².